The van der Waals surface area contributed by atoms with Gasteiger partial charge in [-0.15, -0.1) is 11.3 Å². The molecule has 0 aliphatic heterocycles. The molecule has 1 atom stereocenters. The largest absolute Gasteiger partial charge is 1.00 e. The van der Waals surface area contributed by atoms with Gasteiger partial charge in [0.15, 0.2) is 0 Å². The van der Waals surface area contributed by atoms with Crippen molar-refractivity contribution in [2.45, 2.75) is 65.2 Å². The highest BCUT2D eigenvalue weighted by Crippen LogP contribution is 2.45. The lowest BCUT2D eigenvalue weighted by Gasteiger charge is -2.26. The van der Waals surface area contributed by atoms with Gasteiger partial charge >= 0.3 is 0 Å². The summed E-state index contributed by atoms with van der Waals surface area (Å²) in [5.74, 6) is 0.819. The highest BCUT2D eigenvalue weighted by atomic mass is 35.5. The number of thiophene rings is 1. The molecule has 2 aliphatic carbocycles. The first-order valence-electron chi connectivity index (χ1n) is 10.3. The SMILES string of the molecule is CCC1CCc2nc3sc4c(c3c(-c3cccc(C)c3)c2C1)CCCC4.[Cl-]. The van der Waals surface area contributed by atoms with Crippen LogP contribution >= 0.6 is 11.3 Å². The summed E-state index contributed by atoms with van der Waals surface area (Å²) in [6.45, 7) is 4.56. The third-order valence-electron chi connectivity index (χ3n) is 6.46. The molecule has 27 heavy (non-hydrogen) atoms. The molecule has 2 aromatic heterocycles. The number of hydrogen-bond donors (Lipinski definition) is 0. The maximum absolute atomic E-state index is 5.22. The summed E-state index contributed by atoms with van der Waals surface area (Å²) in [6, 6.07) is 9.15. The number of halogens is 1. The minimum atomic E-state index is 0. The van der Waals surface area contributed by atoms with E-state index in [2.05, 4.69) is 38.1 Å². The van der Waals surface area contributed by atoms with E-state index in [1.54, 1.807) is 16.0 Å². The van der Waals surface area contributed by atoms with E-state index in [0.717, 1.165) is 12.3 Å². The van der Waals surface area contributed by atoms with Crippen LogP contribution in [0.2, 0.25) is 0 Å². The van der Waals surface area contributed by atoms with Gasteiger partial charge in [0.25, 0.3) is 0 Å². The summed E-state index contributed by atoms with van der Waals surface area (Å²) < 4.78 is 0. The first kappa shape index (κ1) is 19.0. The lowest BCUT2D eigenvalue weighted by atomic mass is 9.80. The molecule has 0 bridgehead atoms. The molecule has 0 N–H and O–H groups in total. The highest BCUT2D eigenvalue weighted by Gasteiger charge is 2.27. The van der Waals surface area contributed by atoms with Crippen LogP contribution < -0.4 is 12.4 Å². The van der Waals surface area contributed by atoms with Crippen LogP contribution in [-0.4, -0.2) is 4.98 Å². The molecule has 1 nitrogen and oxygen atoms in total. The Morgan fingerprint density at radius 3 is 2.78 bits per heavy atom. The van der Waals surface area contributed by atoms with Crippen molar-refractivity contribution in [3.63, 3.8) is 0 Å². The number of hydrogen-bond acceptors (Lipinski definition) is 2. The molecule has 3 aromatic rings. The van der Waals surface area contributed by atoms with Gasteiger partial charge < -0.3 is 12.4 Å². The Morgan fingerprint density at radius 2 is 1.96 bits per heavy atom. The molecule has 0 saturated carbocycles. The first-order valence-corrected chi connectivity index (χ1v) is 11.1. The Bertz CT molecular complexity index is 988. The Labute approximate surface area is 172 Å². The fourth-order valence-corrected chi connectivity index (χ4v) is 6.29. The highest BCUT2D eigenvalue weighted by molar-refractivity contribution is 7.19. The molecule has 2 aliphatic rings. The number of nitrogens with zero attached hydrogens (tertiary/aromatic N) is 1. The first-order chi connectivity index (χ1) is 12.7. The van der Waals surface area contributed by atoms with Crippen LogP contribution in [0.3, 0.4) is 0 Å². The van der Waals surface area contributed by atoms with Gasteiger partial charge in [-0.25, -0.2) is 4.98 Å². The normalized spacial score (nSPS) is 18.7. The quantitative estimate of drug-likeness (QED) is 0.644. The van der Waals surface area contributed by atoms with Gasteiger partial charge in [-0.05, 0) is 80.0 Å². The van der Waals surface area contributed by atoms with E-state index < -0.39 is 0 Å². The van der Waals surface area contributed by atoms with Crippen molar-refractivity contribution in [3.05, 3.63) is 51.5 Å². The lowest BCUT2D eigenvalue weighted by Crippen LogP contribution is -3.00. The molecule has 2 heterocycles. The van der Waals surface area contributed by atoms with Crippen LogP contribution in [0.1, 0.15) is 59.9 Å². The number of benzene rings is 1. The van der Waals surface area contributed by atoms with Crippen LogP contribution in [0.5, 0.6) is 0 Å². The standard InChI is InChI=1S/C24H27NS.ClH/c1-3-16-11-12-20-19(14-16)22(17-8-6-7-15(2)13-17)23-18-9-4-5-10-21(18)26-24(23)25-20;/h6-8,13,16H,3-5,9-12,14H2,1-2H3;1H/p-1. The predicted octanol–water partition coefficient (Wildman–Crippen LogP) is 3.67. The van der Waals surface area contributed by atoms with Crippen molar-refractivity contribution >= 4 is 21.6 Å². The van der Waals surface area contributed by atoms with E-state index >= 15 is 0 Å². The van der Waals surface area contributed by atoms with Gasteiger partial charge in [-0.2, -0.15) is 0 Å². The Hall–Kier alpha value is -1.38. The number of rotatable bonds is 2. The molecule has 142 valence electrons. The van der Waals surface area contributed by atoms with Gasteiger partial charge in [0.05, 0.1) is 0 Å². The second-order valence-electron chi connectivity index (χ2n) is 8.19. The van der Waals surface area contributed by atoms with Gasteiger partial charge in [-0.1, -0.05) is 43.2 Å². The van der Waals surface area contributed by atoms with Crippen molar-refractivity contribution in [3.8, 4) is 11.1 Å². The summed E-state index contributed by atoms with van der Waals surface area (Å²) in [7, 11) is 0. The predicted molar refractivity (Wildman–Crippen MR) is 112 cm³/mol. The van der Waals surface area contributed by atoms with Gasteiger partial charge in [0.1, 0.15) is 4.83 Å². The molecular formula is C24H27ClNS-. The minimum absolute atomic E-state index is 0. The summed E-state index contributed by atoms with van der Waals surface area (Å²) in [5.41, 5.74) is 8.88. The second kappa shape index (κ2) is 7.56. The third-order valence-corrected chi connectivity index (χ3v) is 7.64. The van der Waals surface area contributed by atoms with Crippen LogP contribution in [0.25, 0.3) is 21.3 Å². The third kappa shape index (κ3) is 3.21. The van der Waals surface area contributed by atoms with Crippen LogP contribution in [0.15, 0.2) is 24.3 Å². The zero-order valence-electron chi connectivity index (χ0n) is 16.3. The van der Waals surface area contributed by atoms with Crippen molar-refractivity contribution in [1.82, 2.24) is 4.98 Å². The van der Waals surface area contributed by atoms with E-state index in [-0.39, 0.29) is 12.4 Å². The zero-order valence-corrected chi connectivity index (χ0v) is 17.8. The van der Waals surface area contributed by atoms with E-state index in [4.69, 9.17) is 4.98 Å². The summed E-state index contributed by atoms with van der Waals surface area (Å²) in [5, 5.41) is 1.51. The van der Waals surface area contributed by atoms with E-state index in [0.29, 0.717) is 0 Å². The fraction of sp³-hybridized carbons (Fsp3) is 0.458. The Morgan fingerprint density at radius 1 is 1.11 bits per heavy atom. The number of aryl methyl sites for hydroxylation is 4. The van der Waals surface area contributed by atoms with E-state index in [1.807, 2.05) is 11.3 Å². The molecular weight excluding hydrogens is 370 g/mol. The molecule has 0 spiro atoms. The fourth-order valence-electron chi connectivity index (χ4n) is 5.00. The van der Waals surface area contributed by atoms with E-state index in [9.17, 15) is 0 Å². The van der Waals surface area contributed by atoms with Crippen LogP contribution in [0.4, 0.5) is 0 Å². The molecule has 0 fully saturated rings. The molecule has 0 amide bonds. The second-order valence-corrected chi connectivity index (χ2v) is 9.27. The number of fused-ring (bicyclic) bond motifs is 4. The molecule has 1 aromatic carbocycles. The van der Waals surface area contributed by atoms with Crippen LogP contribution in [0, 0.1) is 12.8 Å². The minimum Gasteiger partial charge on any atom is -1.00 e. The van der Waals surface area contributed by atoms with Crippen molar-refractivity contribution in [1.29, 1.82) is 0 Å². The number of pyridine rings is 1. The zero-order chi connectivity index (χ0) is 17.7. The van der Waals surface area contributed by atoms with Crippen LogP contribution in [-0.2, 0) is 25.7 Å². The average molecular weight is 397 g/mol. The van der Waals surface area contributed by atoms with Gasteiger partial charge in [0, 0.05) is 16.0 Å². The summed E-state index contributed by atoms with van der Waals surface area (Å²) >= 11 is 1.98. The number of aromatic nitrogens is 1. The van der Waals surface area contributed by atoms with Crippen molar-refractivity contribution in [2.24, 2.45) is 5.92 Å². The Kier molecular flexibility index (Phi) is 5.31. The molecule has 1 unspecified atom stereocenters. The summed E-state index contributed by atoms with van der Waals surface area (Å²) in [4.78, 5) is 8.14. The Balaban J connectivity index is 0.00000180. The van der Waals surface area contributed by atoms with Crippen molar-refractivity contribution < 1.29 is 12.4 Å². The van der Waals surface area contributed by atoms with Crippen molar-refractivity contribution in [2.75, 3.05) is 0 Å². The van der Waals surface area contributed by atoms with Gasteiger partial charge in [0.2, 0.25) is 0 Å². The molecule has 3 heteroatoms. The smallest absolute Gasteiger partial charge is 0.124 e. The van der Waals surface area contributed by atoms with E-state index in [1.165, 1.54) is 77.5 Å². The average Bonchev–Trinajstić information content (AvgIpc) is 3.03. The molecule has 5 rings (SSSR count). The molecule has 0 radical (unpaired) electrons. The maximum Gasteiger partial charge on any atom is 0.124 e. The maximum atomic E-state index is 5.22. The van der Waals surface area contributed by atoms with Gasteiger partial charge in [-0.3, -0.25) is 0 Å². The lowest BCUT2D eigenvalue weighted by molar-refractivity contribution is -0.00000528. The topological polar surface area (TPSA) is 12.9 Å². The summed E-state index contributed by atoms with van der Waals surface area (Å²) in [6.07, 6.45) is 10.1. The monoisotopic (exact) mass is 396 g/mol. The molecule has 0 saturated heterocycles.